The van der Waals surface area contributed by atoms with Gasteiger partial charge in [-0.3, -0.25) is 9.59 Å². The maximum absolute atomic E-state index is 11.6. The lowest BCUT2D eigenvalue weighted by Gasteiger charge is -2.21. The maximum Gasteiger partial charge on any atom is 0.216 e. The number of ketones is 1. The molecular formula is C14H17O3. The first kappa shape index (κ1) is 13.4. The molecule has 0 aromatic heterocycles. The molecule has 1 atom stereocenters. The molecule has 0 fully saturated rings. The third-order valence-corrected chi connectivity index (χ3v) is 2.77. The van der Waals surface area contributed by atoms with Crippen LogP contribution < -0.4 is 4.74 Å². The summed E-state index contributed by atoms with van der Waals surface area (Å²) in [4.78, 5) is 22.5. The largest absolute Gasteiger partial charge is 0.492 e. The van der Waals surface area contributed by atoms with Crippen molar-refractivity contribution in [2.45, 2.75) is 27.2 Å². The van der Waals surface area contributed by atoms with E-state index in [1.807, 2.05) is 31.2 Å². The molecule has 1 unspecified atom stereocenters. The monoisotopic (exact) mass is 233 g/mol. The van der Waals surface area contributed by atoms with E-state index in [4.69, 9.17) is 4.74 Å². The number of Topliss-reactive ketones (excluding diaryl/α,β-unsaturated/α-hetero) is 1. The van der Waals surface area contributed by atoms with Gasteiger partial charge in [-0.05, 0) is 25.5 Å². The summed E-state index contributed by atoms with van der Waals surface area (Å²) in [5, 5.41) is 0. The zero-order valence-electron chi connectivity index (χ0n) is 10.4. The normalized spacial score (nSPS) is 13.8. The van der Waals surface area contributed by atoms with Crippen molar-refractivity contribution in [3.8, 4) is 5.75 Å². The molecule has 3 heteroatoms. The van der Waals surface area contributed by atoms with Gasteiger partial charge in [0.15, 0.2) is 0 Å². The number of ether oxygens (including phenoxy) is 1. The SMILES string of the molecule is CCC(=O)C(C)([C]=O)COc1ccccc1C. The smallest absolute Gasteiger partial charge is 0.216 e. The third kappa shape index (κ3) is 3.16. The van der Waals surface area contributed by atoms with Crippen LogP contribution in [-0.4, -0.2) is 18.7 Å². The van der Waals surface area contributed by atoms with Crippen molar-refractivity contribution in [3.63, 3.8) is 0 Å². The highest BCUT2D eigenvalue weighted by atomic mass is 16.5. The van der Waals surface area contributed by atoms with Crippen LogP contribution in [0.4, 0.5) is 0 Å². The standard InChI is InChI=1S/C14H17O3/c1-4-13(16)14(3,9-15)10-17-12-8-6-5-7-11(12)2/h5-8H,4,10H2,1-3H3. The topological polar surface area (TPSA) is 43.4 Å². The molecule has 1 aromatic rings. The summed E-state index contributed by atoms with van der Waals surface area (Å²) in [5.41, 5.74) is -0.193. The molecule has 0 heterocycles. The van der Waals surface area contributed by atoms with Crippen LogP contribution in [0.3, 0.4) is 0 Å². The number of hydrogen-bond donors (Lipinski definition) is 0. The number of benzene rings is 1. The molecule has 0 N–H and O–H groups in total. The average Bonchev–Trinajstić information content (AvgIpc) is 2.36. The van der Waals surface area contributed by atoms with Crippen molar-refractivity contribution in [1.82, 2.24) is 0 Å². The first-order valence-electron chi connectivity index (χ1n) is 5.64. The Bertz CT molecular complexity index is 412. The van der Waals surface area contributed by atoms with Crippen molar-refractivity contribution in [1.29, 1.82) is 0 Å². The van der Waals surface area contributed by atoms with Crippen molar-refractivity contribution >= 4 is 12.1 Å². The summed E-state index contributed by atoms with van der Waals surface area (Å²) in [5.74, 6) is 0.541. The van der Waals surface area contributed by atoms with Gasteiger partial charge in [-0.15, -0.1) is 0 Å². The van der Waals surface area contributed by atoms with Gasteiger partial charge in [-0.2, -0.15) is 0 Å². The lowest BCUT2D eigenvalue weighted by atomic mass is 9.87. The Hall–Kier alpha value is -1.64. The van der Waals surface area contributed by atoms with Gasteiger partial charge in [0.1, 0.15) is 23.6 Å². The Morgan fingerprint density at radius 2 is 2.06 bits per heavy atom. The second-order valence-corrected chi connectivity index (χ2v) is 4.27. The van der Waals surface area contributed by atoms with Gasteiger partial charge < -0.3 is 4.74 Å². The minimum absolute atomic E-state index is 0.0357. The van der Waals surface area contributed by atoms with Crippen molar-refractivity contribution in [2.75, 3.05) is 6.61 Å². The van der Waals surface area contributed by atoms with Crippen molar-refractivity contribution < 1.29 is 14.3 Å². The fraction of sp³-hybridized carbons (Fsp3) is 0.429. The third-order valence-electron chi connectivity index (χ3n) is 2.77. The quantitative estimate of drug-likeness (QED) is 0.709. The zero-order valence-corrected chi connectivity index (χ0v) is 10.4. The number of para-hydroxylation sites is 1. The Balaban J connectivity index is 2.75. The van der Waals surface area contributed by atoms with E-state index in [1.54, 1.807) is 20.1 Å². The second-order valence-electron chi connectivity index (χ2n) is 4.27. The van der Waals surface area contributed by atoms with Gasteiger partial charge in [0.25, 0.3) is 0 Å². The summed E-state index contributed by atoms with van der Waals surface area (Å²) in [6, 6.07) is 7.49. The van der Waals surface area contributed by atoms with E-state index in [1.165, 1.54) is 0 Å². The highest BCUT2D eigenvalue weighted by Gasteiger charge is 2.33. The van der Waals surface area contributed by atoms with E-state index in [9.17, 15) is 9.59 Å². The van der Waals surface area contributed by atoms with Crippen LogP contribution in [0.5, 0.6) is 5.75 Å². The van der Waals surface area contributed by atoms with Crippen molar-refractivity contribution in [2.24, 2.45) is 5.41 Å². The lowest BCUT2D eigenvalue weighted by Crippen LogP contribution is -2.35. The van der Waals surface area contributed by atoms with Crippen LogP contribution in [0.25, 0.3) is 0 Å². The summed E-state index contributed by atoms with van der Waals surface area (Å²) < 4.78 is 5.53. The van der Waals surface area contributed by atoms with Crippen LogP contribution in [-0.2, 0) is 9.59 Å². The first-order chi connectivity index (χ1) is 8.03. The molecule has 0 aliphatic rings. The van der Waals surface area contributed by atoms with E-state index in [-0.39, 0.29) is 12.4 Å². The molecule has 0 spiro atoms. The molecule has 1 rings (SSSR count). The predicted octanol–water partition coefficient (Wildman–Crippen LogP) is 2.47. The summed E-state index contributed by atoms with van der Waals surface area (Å²) in [6.07, 6.45) is 2.10. The number of hydrogen-bond acceptors (Lipinski definition) is 3. The molecule has 0 amide bonds. The second kappa shape index (κ2) is 5.62. The van der Waals surface area contributed by atoms with Gasteiger partial charge in [0, 0.05) is 6.42 Å². The molecular weight excluding hydrogens is 216 g/mol. The van der Waals surface area contributed by atoms with E-state index in [0.717, 1.165) is 5.56 Å². The molecule has 0 bridgehead atoms. The van der Waals surface area contributed by atoms with E-state index in [2.05, 4.69) is 0 Å². The fourth-order valence-corrected chi connectivity index (χ4v) is 1.50. The zero-order chi connectivity index (χ0) is 12.9. The molecule has 91 valence electrons. The Labute approximate surface area is 102 Å². The van der Waals surface area contributed by atoms with E-state index in [0.29, 0.717) is 12.2 Å². The van der Waals surface area contributed by atoms with Gasteiger partial charge in [-0.25, -0.2) is 0 Å². The molecule has 0 aliphatic carbocycles. The number of carbonyl (C=O) groups is 1. The number of aryl methyl sites for hydroxylation is 1. The van der Waals surface area contributed by atoms with Crippen LogP contribution in [0.15, 0.2) is 24.3 Å². The average molecular weight is 233 g/mol. The van der Waals surface area contributed by atoms with Crippen LogP contribution >= 0.6 is 0 Å². The first-order valence-corrected chi connectivity index (χ1v) is 5.64. The summed E-state index contributed by atoms with van der Waals surface area (Å²) >= 11 is 0. The number of carbonyl (C=O) groups excluding carboxylic acids is 2. The van der Waals surface area contributed by atoms with Crippen LogP contribution in [0.1, 0.15) is 25.8 Å². The van der Waals surface area contributed by atoms with E-state index >= 15 is 0 Å². The molecule has 17 heavy (non-hydrogen) atoms. The molecule has 0 aliphatic heterocycles. The molecule has 1 radical (unpaired) electrons. The lowest BCUT2D eigenvalue weighted by molar-refractivity contribution is -0.125. The van der Waals surface area contributed by atoms with E-state index < -0.39 is 5.41 Å². The summed E-state index contributed by atoms with van der Waals surface area (Å²) in [7, 11) is 0. The predicted molar refractivity (Wildman–Crippen MR) is 65.8 cm³/mol. The van der Waals surface area contributed by atoms with Gasteiger partial charge in [-0.1, -0.05) is 25.1 Å². The Kier molecular flexibility index (Phi) is 4.44. The summed E-state index contributed by atoms with van der Waals surface area (Å²) in [6.45, 7) is 5.24. The van der Waals surface area contributed by atoms with Gasteiger partial charge >= 0.3 is 0 Å². The minimum Gasteiger partial charge on any atom is -0.492 e. The Morgan fingerprint density at radius 1 is 1.41 bits per heavy atom. The van der Waals surface area contributed by atoms with Crippen LogP contribution in [0, 0.1) is 12.3 Å². The van der Waals surface area contributed by atoms with Crippen LogP contribution in [0.2, 0.25) is 0 Å². The Morgan fingerprint density at radius 3 is 2.59 bits per heavy atom. The number of rotatable bonds is 6. The maximum atomic E-state index is 11.6. The molecule has 0 saturated carbocycles. The molecule has 3 nitrogen and oxygen atoms in total. The minimum atomic E-state index is -1.17. The van der Waals surface area contributed by atoms with Gasteiger partial charge in [0.05, 0.1) is 0 Å². The van der Waals surface area contributed by atoms with Crippen molar-refractivity contribution in [3.05, 3.63) is 29.8 Å². The molecule has 0 saturated heterocycles. The highest BCUT2D eigenvalue weighted by molar-refractivity contribution is 5.97. The molecule has 1 aromatic carbocycles. The van der Waals surface area contributed by atoms with Gasteiger partial charge in [0.2, 0.25) is 6.29 Å². The fourth-order valence-electron chi connectivity index (χ4n) is 1.50. The highest BCUT2D eigenvalue weighted by Crippen LogP contribution is 2.22.